The lowest BCUT2D eigenvalue weighted by atomic mass is 9.83. The molecule has 0 heterocycles. The number of rotatable bonds is 4. The average Bonchev–Trinajstić information content (AvgIpc) is 2.92. The number of hydrogen-bond donors (Lipinski definition) is 2. The van der Waals surface area contributed by atoms with E-state index in [-0.39, 0.29) is 11.7 Å². The summed E-state index contributed by atoms with van der Waals surface area (Å²) >= 11 is 0. The minimum absolute atomic E-state index is 0.00707. The lowest BCUT2D eigenvalue weighted by Gasteiger charge is -2.22. The Morgan fingerprint density at radius 1 is 0.811 bits per heavy atom. The van der Waals surface area contributed by atoms with Gasteiger partial charge in [-0.25, -0.2) is 0 Å². The largest absolute Gasteiger partial charge is 0.384 e. The van der Waals surface area contributed by atoms with Crippen molar-refractivity contribution in [3.63, 3.8) is 0 Å². The lowest BCUT2D eigenvalue weighted by molar-refractivity contribution is 0.102. The van der Waals surface area contributed by atoms with Crippen LogP contribution in [0.4, 0.5) is 5.69 Å². The summed E-state index contributed by atoms with van der Waals surface area (Å²) in [6, 6.07) is 26.7. The second-order valence-corrected chi connectivity index (χ2v) is 9.76. The van der Waals surface area contributed by atoms with Crippen molar-refractivity contribution in [1.29, 1.82) is 0 Å². The third-order valence-corrected chi connectivity index (χ3v) is 7.49. The number of fused-ring (bicyclic) bond motifs is 4. The minimum Gasteiger partial charge on any atom is -0.384 e. The van der Waals surface area contributed by atoms with E-state index in [9.17, 15) is 14.7 Å². The van der Waals surface area contributed by atoms with Crippen molar-refractivity contribution in [1.82, 2.24) is 0 Å². The van der Waals surface area contributed by atoms with Gasteiger partial charge in [0.25, 0.3) is 5.91 Å². The summed E-state index contributed by atoms with van der Waals surface area (Å²) in [5, 5.41) is 18.1. The fraction of sp³-hybridized carbons (Fsp3) is 0.152. The van der Waals surface area contributed by atoms with Gasteiger partial charge in [-0.05, 0) is 100 Å². The van der Waals surface area contributed by atoms with E-state index in [1.54, 1.807) is 30.3 Å². The third-order valence-electron chi connectivity index (χ3n) is 7.49. The summed E-state index contributed by atoms with van der Waals surface area (Å²) < 4.78 is 0. The average molecular weight is 486 g/mol. The van der Waals surface area contributed by atoms with Gasteiger partial charge in [0.2, 0.25) is 0 Å². The first-order valence-corrected chi connectivity index (χ1v) is 12.7. The predicted molar refractivity (Wildman–Crippen MR) is 145 cm³/mol. The number of carbonyl (C=O) groups is 2. The molecule has 0 radical (unpaired) electrons. The zero-order chi connectivity index (χ0) is 25.5. The van der Waals surface area contributed by atoms with Crippen LogP contribution in [0.5, 0.6) is 0 Å². The van der Waals surface area contributed by atoms with Crippen molar-refractivity contribution in [3.8, 4) is 0 Å². The fourth-order valence-corrected chi connectivity index (χ4v) is 5.65. The molecule has 2 aliphatic carbocycles. The molecule has 0 aliphatic heterocycles. The molecule has 0 bridgehead atoms. The van der Waals surface area contributed by atoms with Gasteiger partial charge in [-0.15, -0.1) is 0 Å². The van der Waals surface area contributed by atoms with E-state index in [4.69, 9.17) is 0 Å². The molecule has 1 amide bonds. The Kier molecular flexibility index (Phi) is 5.82. The number of ketones is 1. The van der Waals surface area contributed by atoms with Gasteiger partial charge in [0.1, 0.15) is 0 Å². The number of anilines is 1. The number of aryl methyl sites for hydroxylation is 1. The van der Waals surface area contributed by atoms with Gasteiger partial charge in [0.05, 0.1) is 6.10 Å². The molecule has 1 unspecified atom stereocenters. The van der Waals surface area contributed by atoms with Crippen LogP contribution >= 0.6 is 0 Å². The molecule has 4 nitrogen and oxygen atoms in total. The van der Waals surface area contributed by atoms with Crippen LogP contribution in [0.25, 0.3) is 11.6 Å². The molecule has 6 rings (SSSR count). The first-order chi connectivity index (χ1) is 18.0. The summed E-state index contributed by atoms with van der Waals surface area (Å²) in [4.78, 5) is 26.3. The summed E-state index contributed by atoms with van der Waals surface area (Å²) in [7, 11) is 0. The molecule has 0 aromatic heterocycles. The minimum atomic E-state index is -0.689. The van der Waals surface area contributed by atoms with Crippen molar-refractivity contribution in [3.05, 3.63) is 134 Å². The molecule has 0 saturated carbocycles. The van der Waals surface area contributed by atoms with Crippen LogP contribution in [0.2, 0.25) is 0 Å². The van der Waals surface area contributed by atoms with E-state index >= 15 is 0 Å². The van der Waals surface area contributed by atoms with Crippen LogP contribution in [-0.4, -0.2) is 16.8 Å². The normalized spacial score (nSPS) is 15.6. The van der Waals surface area contributed by atoms with Crippen molar-refractivity contribution in [2.75, 3.05) is 5.32 Å². The van der Waals surface area contributed by atoms with Crippen LogP contribution in [-0.2, 0) is 6.42 Å². The Morgan fingerprint density at radius 3 is 2.35 bits per heavy atom. The smallest absolute Gasteiger partial charge is 0.255 e. The second kappa shape index (κ2) is 9.30. The molecule has 4 aromatic carbocycles. The first kappa shape index (κ1) is 23.1. The van der Waals surface area contributed by atoms with E-state index in [0.717, 1.165) is 56.0 Å². The van der Waals surface area contributed by atoms with Gasteiger partial charge < -0.3 is 10.4 Å². The Morgan fingerprint density at radius 2 is 1.54 bits per heavy atom. The van der Waals surface area contributed by atoms with Gasteiger partial charge >= 0.3 is 0 Å². The van der Waals surface area contributed by atoms with Crippen molar-refractivity contribution in [2.45, 2.75) is 32.3 Å². The van der Waals surface area contributed by atoms with Gasteiger partial charge in [-0.1, -0.05) is 54.6 Å². The van der Waals surface area contributed by atoms with Crippen LogP contribution < -0.4 is 15.8 Å². The van der Waals surface area contributed by atoms with Crippen LogP contribution in [0.15, 0.2) is 84.9 Å². The quantitative estimate of drug-likeness (QED) is 0.411. The fourth-order valence-electron chi connectivity index (χ4n) is 5.65. The number of nitrogens with one attached hydrogen (secondary N) is 1. The molecule has 0 fully saturated rings. The number of hydrogen-bond acceptors (Lipinski definition) is 3. The van der Waals surface area contributed by atoms with Crippen LogP contribution in [0.3, 0.4) is 0 Å². The number of carbonyl (C=O) groups excluding carboxylic acids is 2. The maximum absolute atomic E-state index is 13.6. The maximum atomic E-state index is 13.6. The molecule has 37 heavy (non-hydrogen) atoms. The zero-order valence-corrected chi connectivity index (χ0v) is 20.6. The van der Waals surface area contributed by atoms with E-state index in [1.165, 1.54) is 0 Å². The Bertz CT molecular complexity index is 1780. The molecular formula is C33H27NO3. The number of aliphatic hydroxyl groups is 1. The van der Waals surface area contributed by atoms with Gasteiger partial charge in [0, 0.05) is 22.4 Å². The molecule has 1 atom stereocenters. The molecule has 182 valence electrons. The number of aliphatic hydroxyl groups excluding tert-OH is 1. The van der Waals surface area contributed by atoms with Crippen LogP contribution in [0.1, 0.15) is 56.4 Å². The summed E-state index contributed by atoms with van der Waals surface area (Å²) in [5.41, 5.74) is 5.56. The summed E-state index contributed by atoms with van der Waals surface area (Å²) in [6.45, 7) is 1.91. The van der Waals surface area contributed by atoms with Gasteiger partial charge in [0.15, 0.2) is 5.78 Å². The SMILES string of the molecule is Cc1ccccc1C(=O)Nc1ccc(C(=O)C2=c3ccc4c(c3CCC2)C(O)C=c2ccccc2=4)cc1. The monoisotopic (exact) mass is 485 g/mol. The standard InChI is InChI=1S/C33H27NO3/c1-20-7-2-4-9-24(20)33(37)34-23-15-13-21(14-16-23)32(36)29-12-6-11-27-26(29)17-18-28-25-10-5-3-8-22(25)19-30(35)31(27)28/h2-5,7-10,13-19,30,35H,6,11-12H2,1H3,(H,34,37). The highest BCUT2D eigenvalue weighted by molar-refractivity contribution is 6.24. The Hall–Kier alpha value is -4.28. The summed E-state index contributed by atoms with van der Waals surface area (Å²) in [5.74, 6) is -0.179. The first-order valence-electron chi connectivity index (χ1n) is 12.7. The Balaban J connectivity index is 1.36. The lowest BCUT2D eigenvalue weighted by Crippen LogP contribution is -2.27. The molecule has 4 aromatic rings. The van der Waals surface area contributed by atoms with Crippen LogP contribution in [0, 0.1) is 17.4 Å². The van der Waals surface area contributed by atoms with Crippen molar-refractivity contribution < 1.29 is 14.7 Å². The number of benzene rings is 4. The van der Waals surface area contributed by atoms with Crippen molar-refractivity contribution >= 4 is 29.0 Å². The predicted octanol–water partition coefficient (Wildman–Crippen LogP) is 4.73. The maximum Gasteiger partial charge on any atom is 0.255 e. The number of amides is 1. The highest BCUT2D eigenvalue weighted by Gasteiger charge is 2.23. The molecule has 2 aliphatic rings. The van der Waals surface area contributed by atoms with E-state index < -0.39 is 6.10 Å². The van der Waals surface area contributed by atoms with Crippen molar-refractivity contribution in [2.24, 2.45) is 0 Å². The molecular weight excluding hydrogens is 458 g/mol. The molecule has 0 spiro atoms. The Labute approximate surface area is 214 Å². The zero-order valence-electron chi connectivity index (χ0n) is 20.6. The highest BCUT2D eigenvalue weighted by atomic mass is 16.3. The van der Waals surface area contributed by atoms with E-state index in [2.05, 4.69) is 11.4 Å². The summed E-state index contributed by atoms with van der Waals surface area (Å²) in [6.07, 6.45) is 3.62. The number of Topliss-reactive ketones (excluding diaryl/α,β-unsaturated/α-hetero) is 1. The third kappa shape index (κ3) is 4.09. The van der Waals surface area contributed by atoms with Gasteiger partial charge in [-0.3, -0.25) is 9.59 Å². The highest BCUT2D eigenvalue weighted by Crippen LogP contribution is 2.28. The molecule has 4 heteroatoms. The topological polar surface area (TPSA) is 66.4 Å². The van der Waals surface area contributed by atoms with Gasteiger partial charge in [-0.2, -0.15) is 0 Å². The van der Waals surface area contributed by atoms with E-state index in [1.807, 2.05) is 61.5 Å². The molecule has 0 saturated heterocycles. The molecule has 2 N–H and O–H groups in total. The van der Waals surface area contributed by atoms with E-state index in [0.29, 0.717) is 23.2 Å². The second-order valence-electron chi connectivity index (χ2n) is 9.76.